The maximum absolute atomic E-state index is 12.4. The van der Waals surface area contributed by atoms with Gasteiger partial charge < -0.3 is 9.97 Å². The van der Waals surface area contributed by atoms with Crippen LogP contribution >= 0.6 is 27.3 Å². The Morgan fingerprint density at radius 2 is 2.00 bits per heavy atom. The average molecular weight is 398 g/mol. The molecule has 2 aliphatic rings. The Hall–Kier alpha value is -2.44. The van der Waals surface area contributed by atoms with Gasteiger partial charge in [-0.2, -0.15) is 0 Å². The van der Waals surface area contributed by atoms with E-state index in [1.54, 1.807) is 23.7 Å². The summed E-state index contributed by atoms with van der Waals surface area (Å²) in [5.41, 5.74) is 2.52. The Bertz CT molecular complexity index is 1250. The molecule has 0 saturated heterocycles. The summed E-state index contributed by atoms with van der Waals surface area (Å²) in [6.45, 7) is 4.06. The lowest BCUT2D eigenvalue weighted by molar-refractivity contribution is 1.08. The molecule has 24 heavy (non-hydrogen) atoms. The molecule has 0 bridgehead atoms. The molecular formula is C18H12BrN3OS. The Balaban J connectivity index is 2.07. The van der Waals surface area contributed by atoms with E-state index in [2.05, 4.69) is 37.5 Å². The first-order chi connectivity index (χ1) is 11.6. The normalized spacial score (nSPS) is 12.1. The van der Waals surface area contributed by atoms with E-state index in [9.17, 15) is 4.79 Å². The molecule has 0 unspecified atom stereocenters. The predicted octanol–water partition coefficient (Wildman–Crippen LogP) is 2.55. The quantitative estimate of drug-likeness (QED) is 0.545. The minimum atomic E-state index is -0.118. The fraction of sp³-hybridized carbons (Fsp3) is 0. The third kappa shape index (κ3) is 2.53. The number of thiophene rings is 1. The molecule has 0 radical (unpaired) electrons. The zero-order chi connectivity index (χ0) is 16.7. The van der Waals surface area contributed by atoms with Crippen molar-refractivity contribution in [3.05, 3.63) is 83.0 Å². The molecule has 0 amide bonds. The molecule has 4 heterocycles. The van der Waals surface area contributed by atoms with Crippen LogP contribution in [0, 0.1) is 10.7 Å². The van der Waals surface area contributed by atoms with Crippen LogP contribution in [0.15, 0.2) is 51.3 Å². The summed E-state index contributed by atoms with van der Waals surface area (Å²) in [6, 6.07) is 7.81. The van der Waals surface area contributed by atoms with Gasteiger partial charge in [0, 0.05) is 37.9 Å². The van der Waals surface area contributed by atoms with E-state index in [0.29, 0.717) is 10.7 Å². The number of H-pyrrole nitrogens is 2. The number of nitrogens with one attached hydrogen (secondary N) is 2. The molecule has 118 valence electrons. The molecule has 4 nitrogen and oxygen atoms in total. The first-order valence-electron chi connectivity index (χ1n) is 7.22. The monoisotopic (exact) mass is 397 g/mol. The summed E-state index contributed by atoms with van der Waals surface area (Å²) < 4.78 is 0.980. The van der Waals surface area contributed by atoms with Gasteiger partial charge in [-0.15, -0.1) is 11.3 Å². The molecule has 2 aromatic rings. The van der Waals surface area contributed by atoms with Gasteiger partial charge in [-0.05, 0) is 57.2 Å². The third-order valence-electron chi connectivity index (χ3n) is 3.84. The molecule has 0 spiro atoms. The van der Waals surface area contributed by atoms with Crippen LogP contribution < -0.4 is 16.1 Å². The zero-order valence-corrected chi connectivity index (χ0v) is 14.9. The Morgan fingerprint density at radius 3 is 2.71 bits per heavy atom. The number of aromatic nitrogens is 3. The number of hydrogen-bond acceptors (Lipinski definition) is 3. The maximum Gasteiger partial charge on any atom is 0.257 e. The highest BCUT2D eigenvalue weighted by atomic mass is 79.9. The van der Waals surface area contributed by atoms with Crippen molar-refractivity contribution >= 4 is 39.9 Å². The maximum atomic E-state index is 12.4. The Kier molecular flexibility index (Phi) is 3.70. The summed E-state index contributed by atoms with van der Waals surface area (Å²) in [5.74, 6) is 0. The van der Waals surface area contributed by atoms with Crippen LogP contribution in [0.5, 0.6) is 0 Å². The van der Waals surface area contributed by atoms with Gasteiger partial charge in [0.25, 0.3) is 5.56 Å². The van der Waals surface area contributed by atoms with Gasteiger partial charge in [0.1, 0.15) is 5.48 Å². The van der Waals surface area contributed by atoms with Gasteiger partial charge in [0.15, 0.2) is 0 Å². The highest BCUT2D eigenvalue weighted by Crippen LogP contribution is 2.23. The van der Waals surface area contributed by atoms with Crippen molar-refractivity contribution in [2.75, 3.05) is 0 Å². The van der Waals surface area contributed by atoms with E-state index in [-0.39, 0.29) is 5.56 Å². The summed E-state index contributed by atoms with van der Waals surface area (Å²) in [7, 11) is 0. The van der Waals surface area contributed by atoms with E-state index >= 15 is 0 Å². The van der Waals surface area contributed by atoms with Crippen molar-refractivity contribution in [1.29, 1.82) is 0 Å². The summed E-state index contributed by atoms with van der Waals surface area (Å²) in [5, 5.41) is 4.22. The number of nitrogens with zero attached hydrogens (tertiary/aromatic N) is 1. The number of aromatic amines is 2. The minimum Gasteiger partial charge on any atom is -0.341 e. The first kappa shape index (κ1) is 15.1. The number of pyridine rings is 1. The van der Waals surface area contributed by atoms with Crippen LogP contribution in [0.25, 0.3) is 23.8 Å². The van der Waals surface area contributed by atoms with E-state index in [1.807, 2.05) is 35.7 Å². The molecule has 2 aliphatic heterocycles. The lowest BCUT2D eigenvalue weighted by Gasteiger charge is -2.02. The van der Waals surface area contributed by atoms with Crippen molar-refractivity contribution in [2.45, 2.75) is 0 Å². The summed E-state index contributed by atoms with van der Waals surface area (Å²) >= 11 is 5.09. The molecule has 0 atom stereocenters. The SMILES string of the molecule is C=c1[nH]c2[nH]c(=O)c(=Cc3sccc3Br)c=2cc1-c1ccncc1. The molecular weight excluding hydrogens is 386 g/mol. The van der Waals surface area contributed by atoms with E-state index in [4.69, 9.17) is 0 Å². The predicted molar refractivity (Wildman–Crippen MR) is 100 cm³/mol. The number of rotatable bonds is 2. The van der Waals surface area contributed by atoms with Crippen LogP contribution in [0.1, 0.15) is 4.88 Å². The van der Waals surface area contributed by atoms with Crippen molar-refractivity contribution in [3.8, 4) is 11.1 Å². The van der Waals surface area contributed by atoms with Crippen LogP contribution in [0.2, 0.25) is 0 Å². The zero-order valence-electron chi connectivity index (χ0n) is 12.5. The Labute approximate surface area is 149 Å². The van der Waals surface area contributed by atoms with E-state index in [0.717, 1.165) is 31.0 Å². The lowest BCUT2D eigenvalue weighted by Crippen LogP contribution is -2.22. The van der Waals surface area contributed by atoms with Gasteiger partial charge >= 0.3 is 0 Å². The molecule has 2 aromatic heterocycles. The molecule has 0 aromatic carbocycles. The third-order valence-corrected chi connectivity index (χ3v) is 5.66. The van der Waals surface area contributed by atoms with Crippen molar-refractivity contribution in [3.63, 3.8) is 0 Å². The van der Waals surface area contributed by atoms with E-state index in [1.165, 1.54) is 0 Å². The second-order valence-electron chi connectivity index (χ2n) is 5.33. The van der Waals surface area contributed by atoms with Crippen LogP contribution in [0.4, 0.5) is 0 Å². The Morgan fingerprint density at radius 1 is 1.21 bits per heavy atom. The summed E-state index contributed by atoms with van der Waals surface area (Å²) in [4.78, 5) is 23.5. The van der Waals surface area contributed by atoms with Crippen molar-refractivity contribution in [1.82, 2.24) is 15.0 Å². The minimum absolute atomic E-state index is 0.118. The molecule has 6 heteroatoms. The molecule has 0 aliphatic carbocycles. The van der Waals surface area contributed by atoms with Gasteiger partial charge in [-0.3, -0.25) is 9.78 Å². The highest BCUT2D eigenvalue weighted by molar-refractivity contribution is 9.10. The standard InChI is InChI=1S/C18H12BrN3OS/c1-10-12(11-2-5-20-6-3-11)8-13-14(18(23)22-17(13)21-10)9-16-15(19)4-7-24-16/h2-9,21H,1H2,(H,22,23). The molecule has 0 saturated carbocycles. The largest absolute Gasteiger partial charge is 0.341 e. The fourth-order valence-corrected chi connectivity index (χ4v) is 4.09. The van der Waals surface area contributed by atoms with Gasteiger partial charge in [0.05, 0.1) is 5.22 Å². The van der Waals surface area contributed by atoms with E-state index < -0.39 is 0 Å². The van der Waals surface area contributed by atoms with Crippen LogP contribution in [-0.4, -0.2) is 15.0 Å². The van der Waals surface area contributed by atoms with Crippen molar-refractivity contribution in [2.24, 2.45) is 0 Å². The smallest absolute Gasteiger partial charge is 0.257 e. The highest BCUT2D eigenvalue weighted by Gasteiger charge is 2.06. The second kappa shape index (κ2) is 5.89. The summed E-state index contributed by atoms with van der Waals surface area (Å²) in [6.07, 6.45) is 5.39. The van der Waals surface area contributed by atoms with Gasteiger partial charge in [0.2, 0.25) is 0 Å². The first-order valence-corrected chi connectivity index (χ1v) is 8.90. The van der Waals surface area contributed by atoms with Crippen molar-refractivity contribution < 1.29 is 0 Å². The van der Waals surface area contributed by atoms with Crippen LogP contribution in [0.3, 0.4) is 0 Å². The molecule has 0 fully saturated rings. The number of halogens is 1. The fourth-order valence-electron chi connectivity index (χ4n) is 2.68. The second-order valence-corrected chi connectivity index (χ2v) is 7.13. The topological polar surface area (TPSA) is 61.5 Å². The molecule has 4 rings (SSSR count). The molecule has 2 N–H and O–H groups in total. The van der Waals surface area contributed by atoms with Gasteiger partial charge in [-0.1, -0.05) is 6.58 Å². The number of hydrogen-bond donors (Lipinski definition) is 2. The lowest BCUT2D eigenvalue weighted by atomic mass is 10.1. The average Bonchev–Trinajstić information content (AvgIpc) is 3.11. The van der Waals surface area contributed by atoms with Gasteiger partial charge in [-0.25, -0.2) is 0 Å². The van der Waals surface area contributed by atoms with Crippen LogP contribution in [-0.2, 0) is 0 Å².